The molecule has 0 unspecified atom stereocenters. The maximum atomic E-state index is 4.26. The molecule has 0 aliphatic rings. The van der Waals surface area contributed by atoms with E-state index in [-0.39, 0.29) is 0 Å². The quantitative estimate of drug-likeness (QED) is 0.0641. The smallest absolute Gasteiger partial charge is 0.179 e. The summed E-state index contributed by atoms with van der Waals surface area (Å²) in [5.74, 6) is 0. The Morgan fingerprint density at radius 3 is 1.72 bits per heavy atom. The predicted molar refractivity (Wildman–Crippen MR) is 255 cm³/mol. The molecule has 0 amide bonds. The molecule has 57 heavy (non-hydrogen) atoms. The molecule has 6 aromatic carbocycles. The normalized spacial score (nSPS) is 12.8. The van der Waals surface area contributed by atoms with Gasteiger partial charge in [0.2, 0.25) is 0 Å². The Morgan fingerprint density at radius 1 is 0.579 bits per heavy atom. The van der Waals surface area contributed by atoms with E-state index >= 15 is 0 Å². The molecule has 0 saturated heterocycles. The number of nitrogens with zero attached hydrogens (tertiary/aromatic N) is 1. The molecule has 0 N–H and O–H groups in total. The van der Waals surface area contributed by atoms with Crippen molar-refractivity contribution in [1.82, 2.24) is 0 Å². The van der Waals surface area contributed by atoms with Crippen LogP contribution in [0.3, 0.4) is 0 Å². The number of rotatable bonds is 13. The van der Waals surface area contributed by atoms with Crippen LogP contribution >= 0.6 is 11.3 Å². The van der Waals surface area contributed by atoms with Crippen molar-refractivity contribution < 1.29 is 0 Å². The molecule has 0 saturated carbocycles. The highest BCUT2D eigenvalue weighted by atomic mass is 32.1. The summed E-state index contributed by atoms with van der Waals surface area (Å²) >= 11 is 1.81. The predicted octanol–water partition coefficient (Wildman–Crippen LogP) is 12.4. The van der Waals surface area contributed by atoms with Crippen LogP contribution in [0.4, 0.5) is 5.69 Å². The third-order valence-electron chi connectivity index (χ3n) is 10.7. The van der Waals surface area contributed by atoms with Crippen LogP contribution < -0.4 is 25.6 Å². The summed E-state index contributed by atoms with van der Waals surface area (Å²) < 4.78 is 1.25. The molecule has 1 heterocycles. The number of benzene rings is 6. The number of hydrogen-bond acceptors (Lipinski definition) is 2. The number of anilines is 1. The number of hydrogen-bond donors (Lipinski definition) is 0. The number of fused-ring (bicyclic) bond motifs is 1. The minimum atomic E-state index is -2.74. The lowest BCUT2D eigenvalue weighted by atomic mass is 10.0. The van der Waals surface area contributed by atoms with Gasteiger partial charge in [0.15, 0.2) is 8.07 Å². The highest BCUT2D eigenvalue weighted by Gasteiger charge is 2.41. The van der Waals surface area contributed by atoms with Crippen molar-refractivity contribution in [2.75, 3.05) is 4.90 Å². The second-order valence-corrected chi connectivity index (χ2v) is 19.2. The van der Waals surface area contributed by atoms with Gasteiger partial charge in [0.1, 0.15) is 0 Å². The summed E-state index contributed by atoms with van der Waals surface area (Å²) in [4.78, 5) is 3.52. The molecule has 280 valence electrons. The SMILES string of the molecule is C=Cc1c(/C=C/N(/C(C)=C/C=C(C)/C(C)=C/C=C\C)c2cccc([Si](c3ccccc3)(c3ccccc3)c3ccccc3)c2)sc2cc(-c3ccccc3)ccc12. The third-order valence-corrected chi connectivity index (χ3v) is 16.6. The Balaban J connectivity index is 1.40. The van der Waals surface area contributed by atoms with Crippen LogP contribution in [0.15, 0.2) is 224 Å². The molecular weight excluding hydrogens is 723 g/mol. The van der Waals surface area contributed by atoms with Crippen LogP contribution in [0.5, 0.6) is 0 Å². The Labute approximate surface area is 344 Å². The van der Waals surface area contributed by atoms with Crippen molar-refractivity contribution in [3.8, 4) is 11.1 Å². The zero-order chi connectivity index (χ0) is 39.6. The second kappa shape index (κ2) is 18.1. The van der Waals surface area contributed by atoms with E-state index in [0.717, 1.165) is 16.9 Å². The summed E-state index contributed by atoms with van der Waals surface area (Å²) in [5.41, 5.74) is 8.28. The first kappa shape index (κ1) is 39.0. The van der Waals surface area contributed by atoms with Gasteiger partial charge in [-0.05, 0) is 107 Å². The van der Waals surface area contributed by atoms with Crippen LogP contribution in [-0.2, 0) is 0 Å². The monoisotopic (exact) mass is 771 g/mol. The van der Waals surface area contributed by atoms with Crippen molar-refractivity contribution in [3.63, 3.8) is 0 Å². The Bertz CT molecular complexity index is 2510. The topological polar surface area (TPSA) is 3.24 Å². The lowest BCUT2D eigenvalue weighted by Gasteiger charge is -2.35. The fraction of sp³-hybridized carbons (Fsp3) is 0.0741. The van der Waals surface area contributed by atoms with Crippen molar-refractivity contribution in [1.29, 1.82) is 0 Å². The molecule has 7 aromatic rings. The van der Waals surface area contributed by atoms with Crippen LogP contribution in [0.1, 0.15) is 38.1 Å². The van der Waals surface area contributed by atoms with Gasteiger partial charge in [-0.3, -0.25) is 0 Å². The summed E-state index contributed by atoms with van der Waals surface area (Å²) in [5, 5.41) is 6.61. The third kappa shape index (κ3) is 8.32. The zero-order valence-electron chi connectivity index (χ0n) is 33.3. The molecule has 0 spiro atoms. The molecule has 7 rings (SSSR count). The van der Waals surface area contributed by atoms with Crippen molar-refractivity contribution in [2.45, 2.75) is 27.7 Å². The summed E-state index contributed by atoms with van der Waals surface area (Å²) in [6.07, 6.45) is 17.3. The van der Waals surface area contributed by atoms with E-state index in [1.54, 1.807) is 0 Å². The highest BCUT2D eigenvalue weighted by Crippen LogP contribution is 2.36. The Morgan fingerprint density at radius 2 is 1.14 bits per heavy atom. The first-order chi connectivity index (χ1) is 27.9. The Hall–Kier alpha value is -6.26. The van der Waals surface area contributed by atoms with Crippen molar-refractivity contribution in [2.24, 2.45) is 0 Å². The molecule has 0 radical (unpaired) electrons. The minimum Gasteiger partial charge on any atom is -0.321 e. The van der Waals surface area contributed by atoms with Gasteiger partial charge in [-0.25, -0.2) is 0 Å². The van der Waals surface area contributed by atoms with Gasteiger partial charge in [0.05, 0.1) is 0 Å². The molecule has 0 fully saturated rings. The van der Waals surface area contributed by atoms with Crippen LogP contribution in [0, 0.1) is 0 Å². The van der Waals surface area contributed by atoms with E-state index in [9.17, 15) is 0 Å². The average Bonchev–Trinajstić information content (AvgIpc) is 3.63. The molecule has 0 aliphatic heterocycles. The van der Waals surface area contributed by atoms with Gasteiger partial charge in [-0.15, -0.1) is 11.3 Å². The van der Waals surface area contributed by atoms with Gasteiger partial charge in [-0.1, -0.05) is 183 Å². The number of thiophene rings is 1. The van der Waals surface area contributed by atoms with E-state index in [1.807, 2.05) is 24.3 Å². The molecule has 0 atom stereocenters. The van der Waals surface area contributed by atoms with E-state index in [1.165, 1.54) is 58.0 Å². The molecule has 0 bridgehead atoms. The summed E-state index contributed by atoms with van der Waals surface area (Å²) in [6.45, 7) is 12.9. The fourth-order valence-electron chi connectivity index (χ4n) is 7.61. The van der Waals surface area contributed by atoms with E-state index < -0.39 is 8.07 Å². The molecule has 3 heteroatoms. The molecular formula is C54H49NSSi. The first-order valence-corrected chi connectivity index (χ1v) is 22.4. The average molecular weight is 772 g/mol. The standard InChI is InChI=1S/C54H49NSSi/c1-6-8-22-41(3)42(4)33-34-43(5)55(38-37-53-51(7-2)52-36-35-45(39-54(52)56-53)44-23-13-9-14-24-44)46-25-21-32-50(40-46)57(47-26-15-10-16-27-47,48-28-17-11-18-29-48)49-30-19-12-20-31-49/h6-40H,2H2,1,3-5H3/b8-6-,38-37+,41-22+,42-33+,43-34+. The second-order valence-electron chi connectivity index (χ2n) is 14.3. The van der Waals surface area contributed by atoms with E-state index in [4.69, 9.17) is 0 Å². The maximum absolute atomic E-state index is 4.26. The lowest BCUT2D eigenvalue weighted by Crippen LogP contribution is -2.74. The zero-order valence-corrected chi connectivity index (χ0v) is 35.1. The summed E-state index contributed by atoms with van der Waals surface area (Å²) in [6, 6.07) is 60.0. The molecule has 1 nitrogen and oxygen atoms in total. The van der Waals surface area contributed by atoms with E-state index in [0.29, 0.717) is 0 Å². The van der Waals surface area contributed by atoms with Gasteiger partial charge in [0, 0.05) is 32.5 Å². The Kier molecular flexibility index (Phi) is 12.4. The number of allylic oxidation sites excluding steroid dienone is 8. The largest absolute Gasteiger partial charge is 0.321 e. The molecule has 0 aliphatic carbocycles. The van der Waals surface area contributed by atoms with Gasteiger partial charge < -0.3 is 4.90 Å². The van der Waals surface area contributed by atoms with Crippen LogP contribution in [0.25, 0.3) is 33.4 Å². The summed E-state index contributed by atoms with van der Waals surface area (Å²) in [7, 11) is -2.74. The van der Waals surface area contributed by atoms with Gasteiger partial charge >= 0.3 is 0 Å². The first-order valence-electron chi connectivity index (χ1n) is 19.6. The van der Waals surface area contributed by atoms with E-state index in [2.05, 4.69) is 239 Å². The van der Waals surface area contributed by atoms with Crippen LogP contribution in [0.2, 0.25) is 0 Å². The van der Waals surface area contributed by atoms with Crippen molar-refractivity contribution in [3.05, 3.63) is 234 Å². The van der Waals surface area contributed by atoms with Crippen molar-refractivity contribution >= 4 is 68.1 Å². The maximum Gasteiger partial charge on any atom is 0.179 e. The van der Waals surface area contributed by atoms with Crippen LogP contribution in [-0.4, -0.2) is 8.07 Å². The van der Waals surface area contributed by atoms with Gasteiger partial charge in [0.25, 0.3) is 0 Å². The molecule has 1 aromatic heterocycles. The van der Waals surface area contributed by atoms with Gasteiger partial charge in [-0.2, -0.15) is 0 Å². The highest BCUT2D eigenvalue weighted by molar-refractivity contribution is 7.20. The minimum absolute atomic E-state index is 1.11. The fourth-order valence-corrected chi connectivity index (χ4v) is 13.5. The lowest BCUT2D eigenvalue weighted by molar-refractivity contribution is 1.15.